The van der Waals surface area contributed by atoms with E-state index >= 15 is 0 Å². The second kappa shape index (κ2) is 9.29. The highest BCUT2D eigenvalue weighted by Gasteiger charge is 2.23. The third kappa shape index (κ3) is 5.37. The van der Waals surface area contributed by atoms with Crippen LogP contribution in [0.5, 0.6) is 0 Å². The molecule has 1 atom stereocenters. The topological polar surface area (TPSA) is 30.5 Å². The van der Waals surface area contributed by atoms with E-state index in [2.05, 4.69) is 5.32 Å². The highest BCUT2D eigenvalue weighted by atomic mass is 35.5. The number of nitrogens with one attached hydrogen (secondary N) is 1. The number of hydrogen-bond donors (Lipinski definition) is 1. The third-order valence-electron chi connectivity index (χ3n) is 2.90. The summed E-state index contributed by atoms with van der Waals surface area (Å²) in [5.41, 5.74) is 0.563. The summed E-state index contributed by atoms with van der Waals surface area (Å²) in [5, 5.41) is 3.82. The van der Waals surface area contributed by atoms with Gasteiger partial charge in [-0.25, -0.2) is 4.39 Å². The van der Waals surface area contributed by atoms with E-state index in [4.69, 9.17) is 21.1 Å². The number of likely N-dealkylation sites (N-methyl/N-ethyl adjacent to an activating group) is 1. The zero-order valence-electron chi connectivity index (χ0n) is 12.3. The van der Waals surface area contributed by atoms with Gasteiger partial charge >= 0.3 is 0 Å². The van der Waals surface area contributed by atoms with E-state index in [1.807, 2.05) is 20.8 Å². The zero-order valence-corrected chi connectivity index (χ0v) is 13.0. The molecule has 0 bridgehead atoms. The van der Waals surface area contributed by atoms with Gasteiger partial charge in [-0.15, -0.1) is 0 Å². The summed E-state index contributed by atoms with van der Waals surface area (Å²) >= 11 is 5.93. The molecule has 0 heterocycles. The molecule has 0 saturated carbocycles. The van der Waals surface area contributed by atoms with Gasteiger partial charge in [-0.3, -0.25) is 0 Å². The predicted molar refractivity (Wildman–Crippen MR) is 79.6 cm³/mol. The summed E-state index contributed by atoms with van der Waals surface area (Å²) < 4.78 is 25.0. The Hall–Kier alpha value is -0.680. The van der Waals surface area contributed by atoms with Crippen molar-refractivity contribution in [2.24, 2.45) is 0 Å². The quantitative estimate of drug-likeness (QED) is 0.709. The molecule has 3 nitrogen and oxygen atoms in total. The van der Waals surface area contributed by atoms with Crippen molar-refractivity contribution in [3.63, 3.8) is 0 Å². The van der Waals surface area contributed by atoms with Gasteiger partial charge in [0, 0.05) is 18.2 Å². The first-order chi connectivity index (χ1) is 9.62. The molecule has 0 amide bonds. The number of rotatable bonds is 9. The lowest BCUT2D eigenvalue weighted by Gasteiger charge is -2.27. The summed E-state index contributed by atoms with van der Waals surface area (Å²) in [6, 6.07) is 4.46. The van der Waals surface area contributed by atoms with Crippen molar-refractivity contribution in [3.05, 3.63) is 34.6 Å². The molecule has 0 spiro atoms. The van der Waals surface area contributed by atoms with Crippen LogP contribution < -0.4 is 5.32 Å². The first kappa shape index (κ1) is 17.4. The van der Waals surface area contributed by atoms with Gasteiger partial charge in [0.25, 0.3) is 0 Å². The Morgan fingerprint density at radius 2 is 1.85 bits per heavy atom. The van der Waals surface area contributed by atoms with Gasteiger partial charge in [0.05, 0.1) is 6.04 Å². The van der Waals surface area contributed by atoms with Crippen molar-refractivity contribution in [2.75, 3.05) is 19.8 Å². The molecule has 1 aromatic rings. The highest BCUT2D eigenvalue weighted by molar-refractivity contribution is 6.30. The standard InChI is InChI=1S/C15H23ClFNO2/c1-4-18-14(15(19-5-2)20-6-3)10-11-9-12(16)7-8-13(11)17/h7-9,14-15,18H,4-6,10H2,1-3H3. The predicted octanol–water partition coefficient (Wildman–Crippen LogP) is 3.40. The van der Waals surface area contributed by atoms with Gasteiger partial charge in [0.2, 0.25) is 0 Å². The van der Waals surface area contributed by atoms with Gasteiger partial charge in [-0.2, -0.15) is 0 Å². The SMILES string of the molecule is CCNC(Cc1cc(Cl)ccc1F)C(OCC)OCC. The molecule has 5 heteroatoms. The van der Waals surface area contributed by atoms with Crippen molar-refractivity contribution >= 4 is 11.6 Å². The zero-order chi connectivity index (χ0) is 15.0. The van der Waals surface area contributed by atoms with Crippen molar-refractivity contribution < 1.29 is 13.9 Å². The van der Waals surface area contributed by atoms with Crippen LogP contribution in [0.25, 0.3) is 0 Å². The molecular weight excluding hydrogens is 281 g/mol. The van der Waals surface area contributed by atoms with E-state index in [-0.39, 0.29) is 11.9 Å². The molecule has 0 aliphatic heterocycles. The molecule has 0 aliphatic carbocycles. The Morgan fingerprint density at radius 1 is 1.20 bits per heavy atom. The molecule has 1 rings (SSSR count). The smallest absolute Gasteiger partial charge is 0.172 e. The van der Waals surface area contributed by atoms with Crippen molar-refractivity contribution in [3.8, 4) is 0 Å². The summed E-state index contributed by atoms with van der Waals surface area (Å²) in [6.07, 6.45) is 0.0635. The van der Waals surface area contributed by atoms with Gasteiger partial charge < -0.3 is 14.8 Å². The highest BCUT2D eigenvalue weighted by Crippen LogP contribution is 2.18. The van der Waals surface area contributed by atoms with Crippen LogP contribution in [0.1, 0.15) is 26.3 Å². The Labute approximate surface area is 125 Å². The number of halogens is 2. The molecule has 20 heavy (non-hydrogen) atoms. The average Bonchev–Trinajstić information content (AvgIpc) is 2.42. The monoisotopic (exact) mass is 303 g/mol. The second-order valence-electron chi connectivity index (χ2n) is 4.38. The summed E-state index contributed by atoms with van der Waals surface area (Å²) in [5.74, 6) is -0.260. The van der Waals surface area contributed by atoms with E-state index in [0.29, 0.717) is 30.2 Å². The lowest BCUT2D eigenvalue weighted by Crippen LogP contribution is -2.44. The molecule has 0 aromatic heterocycles. The maximum atomic E-state index is 13.8. The summed E-state index contributed by atoms with van der Waals surface area (Å²) in [7, 11) is 0. The Bertz CT molecular complexity index is 397. The normalized spacial score (nSPS) is 12.9. The molecule has 1 aromatic carbocycles. The minimum absolute atomic E-state index is 0.118. The Kier molecular flexibility index (Phi) is 8.07. The van der Waals surface area contributed by atoms with E-state index in [0.717, 1.165) is 6.54 Å². The van der Waals surface area contributed by atoms with Crippen molar-refractivity contribution in [1.29, 1.82) is 0 Å². The Morgan fingerprint density at radius 3 is 2.40 bits per heavy atom. The number of hydrogen-bond acceptors (Lipinski definition) is 3. The second-order valence-corrected chi connectivity index (χ2v) is 4.82. The van der Waals surface area contributed by atoms with Crippen LogP contribution in [0.15, 0.2) is 18.2 Å². The fraction of sp³-hybridized carbons (Fsp3) is 0.600. The maximum Gasteiger partial charge on any atom is 0.172 e. The van der Waals surface area contributed by atoms with Crippen LogP contribution in [0.3, 0.4) is 0 Å². The van der Waals surface area contributed by atoms with Gasteiger partial charge in [0.1, 0.15) is 5.82 Å². The molecule has 0 aliphatic rings. The molecule has 1 N–H and O–H groups in total. The van der Waals surface area contributed by atoms with Crippen LogP contribution in [-0.4, -0.2) is 32.1 Å². The maximum absolute atomic E-state index is 13.8. The van der Waals surface area contributed by atoms with Gasteiger partial charge in [-0.1, -0.05) is 18.5 Å². The van der Waals surface area contributed by atoms with Crippen LogP contribution in [0.2, 0.25) is 5.02 Å². The molecule has 1 unspecified atom stereocenters. The van der Waals surface area contributed by atoms with Crippen LogP contribution in [0, 0.1) is 5.82 Å². The first-order valence-electron chi connectivity index (χ1n) is 7.02. The number of benzene rings is 1. The van der Waals surface area contributed by atoms with E-state index in [1.165, 1.54) is 6.07 Å². The Balaban J connectivity index is 2.86. The average molecular weight is 304 g/mol. The summed E-state index contributed by atoms with van der Waals surface area (Å²) in [6.45, 7) is 7.67. The van der Waals surface area contributed by atoms with Crippen molar-refractivity contribution in [2.45, 2.75) is 39.5 Å². The largest absolute Gasteiger partial charge is 0.351 e. The van der Waals surface area contributed by atoms with Crippen LogP contribution in [-0.2, 0) is 15.9 Å². The third-order valence-corrected chi connectivity index (χ3v) is 3.14. The summed E-state index contributed by atoms with van der Waals surface area (Å²) in [4.78, 5) is 0. The minimum atomic E-state index is -0.400. The van der Waals surface area contributed by atoms with Crippen LogP contribution >= 0.6 is 11.6 Å². The molecule has 114 valence electrons. The van der Waals surface area contributed by atoms with E-state index < -0.39 is 6.29 Å². The fourth-order valence-corrected chi connectivity index (χ4v) is 2.27. The fourth-order valence-electron chi connectivity index (χ4n) is 2.07. The number of ether oxygens (including phenoxy) is 2. The molecule has 0 saturated heterocycles. The molecule has 0 radical (unpaired) electrons. The lowest BCUT2D eigenvalue weighted by molar-refractivity contribution is -0.153. The van der Waals surface area contributed by atoms with Gasteiger partial charge in [0.15, 0.2) is 6.29 Å². The molecule has 0 fully saturated rings. The van der Waals surface area contributed by atoms with E-state index in [1.54, 1.807) is 12.1 Å². The van der Waals surface area contributed by atoms with Gasteiger partial charge in [-0.05, 0) is 50.6 Å². The first-order valence-corrected chi connectivity index (χ1v) is 7.40. The van der Waals surface area contributed by atoms with Crippen LogP contribution in [0.4, 0.5) is 4.39 Å². The lowest BCUT2D eigenvalue weighted by atomic mass is 10.0. The molecular formula is C15H23ClFNO2. The minimum Gasteiger partial charge on any atom is -0.351 e. The van der Waals surface area contributed by atoms with E-state index in [9.17, 15) is 4.39 Å². The van der Waals surface area contributed by atoms with Crippen molar-refractivity contribution in [1.82, 2.24) is 5.32 Å².